The lowest BCUT2D eigenvalue weighted by Crippen LogP contribution is -2.46. The van der Waals surface area contributed by atoms with Crippen LogP contribution in [0, 0.1) is 0 Å². The zero-order valence-electron chi connectivity index (χ0n) is 10.6. The van der Waals surface area contributed by atoms with Gasteiger partial charge in [0.25, 0.3) is 5.91 Å². The first-order chi connectivity index (χ1) is 9.20. The first kappa shape index (κ1) is 14.5. The van der Waals surface area contributed by atoms with Crippen LogP contribution >= 0.6 is 23.2 Å². The molecule has 1 aromatic carbocycles. The summed E-state index contributed by atoms with van der Waals surface area (Å²) in [6.07, 6.45) is 3.16. The number of amides is 1. The fourth-order valence-electron chi connectivity index (χ4n) is 2.25. The van der Waals surface area contributed by atoms with Gasteiger partial charge in [-0.3, -0.25) is 4.79 Å². The van der Waals surface area contributed by atoms with Crippen LogP contribution in [0.25, 0.3) is 0 Å². The smallest absolute Gasteiger partial charge is 0.260 e. The summed E-state index contributed by atoms with van der Waals surface area (Å²) in [5.41, 5.74) is 0. The van der Waals surface area contributed by atoms with E-state index in [0.29, 0.717) is 16.7 Å². The highest BCUT2D eigenvalue weighted by Crippen LogP contribution is 2.19. The van der Waals surface area contributed by atoms with Crippen molar-refractivity contribution in [3.63, 3.8) is 0 Å². The van der Waals surface area contributed by atoms with E-state index in [9.17, 15) is 4.79 Å². The van der Waals surface area contributed by atoms with Gasteiger partial charge >= 0.3 is 0 Å². The van der Waals surface area contributed by atoms with Crippen LogP contribution in [0.3, 0.4) is 0 Å². The molecule has 0 spiro atoms. The van der Waals surface area contributed by atoms with Crippen LogP contribution in [-0.4, -0.2) is 35.9 Å². The Kier molecular flexibility index (Phi) is 5.34. The molecule has 104 valence electrons. The van der Waals surface area contributed by atoms with Crippen molar-refractivity contribution in [1.82, 2.24) is 4.90 Å². The first-order valence-electron chi connectivity index (χ1n) is 6.44. The first-order valence-corrected chi connectivity index (χ1v) is 7.36. The number of carbonyl (C=O) groups is 1. The molecule has 19 heavy (non-hydrogen) atoms. The van der Waals surface area contributed by atoms with E-state index in [2.05, 4.69) is 0 Å². The molecular formula is C14H17Cl2NO2. The number of carbonyl (C=O) groups excluding carboxylic acids is 1. The van der Waals surface area contributed by atoms with Gasteiger partial charge in [0, 0.05) is 23.5 Å². The van der Waals surface area contributed by atoms with Gasteiger partial charge in [0.15, 0.2) is 6.61 Å². The van der Waals surface area contributed by atoms with Crippen molar-refractivity contribution < 1.29 is 9.53 Å². The van der Waals surface area contributed by atoms with Gasteiger partial charge in [-0.25, -0.2) is 0 Å². The number of rotatable bonds is 4. The Morgan fingerprint density at radius 1 is 1.32 bits per heavy atom. The second kappa shape index (κ2) is 7.01. The molecule has 0 aromatic heterocycles. The quantitative estimate of drug-likeness (QED) is 0.798. The zero-order chi connectivity index (χ0) is 13.7. The van der Waals surface area contributed by atoms with E-state index in [1.54, 1.807) is 24.3 Å². The molecule has 1 saturated heterocycles. The summed E-state index contributed by atoms with van der Waals surface area (Å²) in [6, 6.07) is 7.14. The highest BCUT2D eigenvalue weighted by molar-refractivity contribution is 6.30. The van der Waals surface area contributed by atoms with Gasteiger partial charge in [0.1, 0.15) is 5.75 Å². The molecule has 0 saturated carbocycles. The molecular weight excluding hydrogens is 285 g/mol. The Morgan fingerprint density at radius 3 is 2.74 bits per heavy atom. The van der Waals surface area contributed by atoms with E-state index in [-0.39, 0.29) is 18.6 Å². The molecule has 1 heterocycles. The summed E-state index contributed by atoms with van der Waals surface area (Å²) in [7, 11) is 0. The Labute approximate surface area is 123 Å². The van der Waals surface area contributed by atoms with Crippen LogP contribution in [0.5, 0.6) is 5.75 Å². The predicted octanol–water partition coefficient (Wildman–Crippen LogP) is 3.34. The van der Waals surface area contributed by atoms with Crippen molar-refractivity contribution in [2.24, 2.45) is 0 Å². The van der Waals surface area contributed by atoms with E-state index >= 15 is 0 Å². The third-order valence-electron chi connectivity index (χ3n) is 3.30. The summed E-state index contributed by atoms with van der Waals surface area (Å²) in [5, 5.41) is 0.650. The topological polar surface area (TPSA) is 29.5 Å². The van der Waals surface area contributed by atoms with Gasteiger partial charge in [-0.15, -0.1) is 11.6 Å². The second-order valence-corrected chi connectivity index (χ2v) is 5.38. The fraction of sp³-hybridized carbons (Fsp3) is 0.500. The maximum absolute atomic E-state index is 12.1. The minimum absolute atomic E-state index is 0.000278. The summed E-state index contributed by atoms with van der Waals surface area (Å²) in [4.78, 5) is 14.0. The molecule has 1 aliphatic heterocycles. The maximum atomic E-state index is 12.1. The van der Waals surface area contributed by atoms with Crippen LogP contribution in [0.15, 0.2) is 24.3 Å². The van der Waals surface area contributed by atoms with E-state index in [1.165, 1.54) is 0 Å². The minimum Gasteiger partial charge on any atom is -0.484 e. The third kappa shape index (κ3) is 4.02. The van der Waals surface area contributed by atoms with Crippen molar-refractivity contribution >= 4 is 29.1 Å². The van der Waals surface area contributed by atoms with E-state index < -0.39 is 0 Å². The van der Waals surface area contributed by atoms with E-state index in [0.717, 1.165) is 25.8 Å². The van der Waals surface area contributed by atoms with Crippen LogP contribution in [0.1, 0.15) is 19.3 Å². The van der Waals surface area contributed by atoms with Crippen LogP contribution < -0.4 is 4.74 Å². The normalized spacial score (nSPS) is 19.3. The van der Waals surface area contributed by atoms with Gasteiger partial charge < -0.3 is 9.64 Å². The summed E-state index contributed by atoms with van der Waals surface area (Å²) < 4.78 is 5.48. The fourth-order valence-corrected chi connectivity index (χ4v) is 2.69. The summed E-state index contributed by atoms with van der Waals surface area (Å²) in [6.45, 7) is 0.829. The monoisotopic (exact) mass is 301 g/mol. The van der Waals surface area contributed by atoms with Crippen molar-refractivity contribution in [2.45, 2.75) is 25.3 Å². The Hall–Kier alpha value is -0.930. The average Bonchev–Trinajstić information content (AvgIpc) is 2.46. The third-order valence-corrected chi connectivity index (χ3v) is 3.91. The van der Waals surface area contributed by atoms with Crippen molar-refractivity contribution in [2.75, 3.05) is 19.0 Å². The Morgan fingerprint density at radius 2 is 2.05 bits per heavy atom. The summed E-state index contributed by atoms with van der Waals surface area (Å²) >= 11 is 11.7. The number of likely N-dealkylation sites (tertiary alicyclic amines) is 1. The summed E-state index contributed by atoms with van der Waals surface area (Å²) in [5.74, 6) is 1.14. The van der Waals surface area contributed by atoms with Gasteiger partial charge in [-0.1, -0.05) is 11.6 Å². The standard InChI is InChI=1S/C14H17Cl2NO2/c15-9-12-3-1-2-8-17(12)14(18)10-19-13-6-4-11(16)5-7-13/h4-7,12H,1-3,8-10H2. The number of alkyl halides is 1. The molecule has 1 aromatic rings. The molecule has 1 amide bonds. The van der Waals surface area contributed by atoms with Crippen molar-refractivity contribution in [3.8, 4) is 5.75 Å². The number of hydrogen-bond donors (Lipinski definition) is 0. The molecule has 5 heteroatoms. The Balaban J connectivity index is 1.87. The zero-order valence-corrected chi connectivity index (χ0v) is 12.2. The SMILES string of the molecule is O=C(COc1ccc(Cl)cc1)N1CCCCC1CCl. The highest BCUT2D eigenvalue weighted by atomic mass is 35.5. The Bertz CT molecular complexity index is 422. The number of nitrogens with zero attached hydrogens (tertiary/aromatic N) is 1. The van der Waals surface area contributed by atoms with Crippen LogP contribution in [0.2, 0.25) is 5.02 Å². The molecule has 0 aliphatic carbocycles. The van der Waals surface area contributed by atoms with Crippen molar-refractivity contribution in [3.05, 3.63) is 29.3 Å². The van der Waals surface area contributed by atoms with E-state index in [4.69, 9.17) is 27.9 Å². The van der Waals surface area contributed by atoms with Gasteiger partial charge in [0.05, 0.1) is 0 Å². The molecule has 0 N–H and O–H groups in total. The molecule has 1 atom stereocenters. The molecule has 0 radical (unpaired) electrons. The van der Waals surface area contributed by atoms with Crippen LogP contribution in [0.4, 0.5) is 0 Å². The second-order valence-electron chi connectivity index (χ2n) is 4.63. The number of halogens is 2. The predicted molar refractivity (Wildman–Crippen MR) is 77.0 cm³/mol. The van der Waals surface area contributed by atoms with E-state index in [1.807, 2.05) is 4.90 Å². The molecule has 0 bridgehead atoms. The van der Waals surface area contributed by atoms with Crippen LogP contribution in [-0.2, 0) is 4.79 Å². The lowest BCUT2D eigenvalue weighted by atomic mass is 10.0. The lowest BCUT2D eigenvalue weighted by Gasteiger charge is -2.34. The van der Waals surface area contributed by atoms with Gasteiger partial charge in [-0.2, -0.15) is 0 Å². The molecule has 1 fully saturated rings. The highest BCUT2D eigenvalue weighted by Gasteiger charge is 2.25. The number of hydrogen-bond acceptors (Lipinski definition) is 2. The lowest BCUT2D eigenvalue weighted by molar-refractivity contribution is -0.136. The number of piperidine rings is 1. The maximum Gasteiger partial charge on any atom is 0.260 e. The molecule has 2 rings (SSSR count). The average molecular weight is 302 g/mol. The minimum atomic E-state index is 0.000278. The molecule has 1 unspecified atom stereocenters. The molecule has 1 aliphatic rings. The largest absolute Gasteiger partial charge is 0.484 e. The van der Waals surface area contributed by atoms with Crippen molar-refractivity contribution in [1.29, 1.82) is 0 Å². The van der Waals surface area contributed by atoms with Gasteiger partial charge in [-0.05, 0) is 43.5 Å². The number of benzene rings is 1. The van der Waals surface area contributed by atoms with Gasteiger partial charge in [0.2, 0.25) is 0 Å². The number of ether oxygens (including phenoxy) is 1. The molecule has 3 nitrogen and oxygen atoms in total.